The lowest BCUT2D eigenvalue weighted by Gasteiger charge is -2.36. The molecular weight excluding hydrogens is 322 g/mol. The number of nitrogens with one attached hydrogen (secondary N) is 1. The fraction of sp³-hybridized carbons (Fsp3) is 0.444. The van der Waals surface area contributed by atoms with Crippen LogP contribution in [0.25, 0.3) is 0 Å². The Morgan fingerprint density at radius 2 is 1.84 bits per heavy atom. The maximum absolute atomic E-state index is 12.3. The van der Waals surface area contributed by atoms with Crippen LogP contribution in [-0.4, -0.2) is 67.4 Å². The Morgan fingerprint density at radius 3 is 2.32 bits per heavy atom. The number of hydrogen-bond donors (Lipinski definition) is 2. The molecule has 1 saturated heterocycles. The van der Waals surface area contributed by atoms with Crippen LogP contribution in [0.1, 0.15) is 12.5 Å². The maximum Gasteiger partial charge on any atom is 0.331 e. The fourth-order valence-corrected chi connectivity index (χ4v) is 2.66. The molecule has 2 rings (SSSR count). The van der Waals surface area contributed by atoms with Crippen LogP contribution in [0.4, 0.5) is 10.5 Å². The van der Waals surface area contributed by atoms with Gasteiger partial charge in [0, 0.05) is 37.4 Å². The molecule has 2 atom stereocenters. The number of piperazine rings is 1. The minimum Gasteiger partial charge on any atom is -0.467 e. The number of terminal acetylenes is 1. The van der Waals surface area contributed by atoms with Crippen molar-refractivity contribution in [1.82, 2.24) is 10.2 Å². The van der Waals surface area contributed by atoms with Crippen LogP contribution in [0.5, 0.6) is 0 Å². The highest BCUT2D eigenvalue weighted by atomic mass is 16.5. The van der Waals surface area contributed by atoms with Crippen LogP contribution < -0.4 is 10.2 Å². The molecule has 0 aliphatic carbocycles. The van der Waals surface area contributed by atoms with Crippen molar-refractivity contribution in [1.29, 1.82) is 0 Å². The van der Waals surface area contributed by atoms with Crippen molar-refractivity contribution < 1.29 is 19.4 Å². The highest BCUT2D eigenvalue weighted by molar-refractivity contribution is 5.84. The molecule has 1 aliphatic heterocycles. The number of carbonyl (C=O) groups excluding carboxylic acids is 2. The van der Waals surface area contributed by atoms with Gasteiger partial charge in [-0.2, -0.15) is 0 Å². The number of esters is 1. The number of aliphatic hydroxyl groups excluding tert-OH is 1. The molecule has 0 saturated carbocycles. The molecule has 1 heterocycles. The number of nitrogens with zero attached hydrogens (tertiary/aromatic N) is 2. The van der Waals surface area contributed by atoms with Gasteiger partial charge in [-0.1, -0.05) is 5.92 Å². The van der Waals surface area contributed by atoms with Gasteiger partial charge in [-0.3, -0.25) is 0 Å². The monoisotopic (exact) mass is 345 g/mol. The van der Waals surface area contributed by atoms with Gasteiger partial charge in [0.15, 0.2) is 6.04 Å². The number of urea groups is 1. The van der Waals surface area contributed by atoms with Gasteiger partial charge in [0.2, 0.25) is 0 Å². The van der Waals surface area contributed by atoms with Gasteiger partial charge in [-0.05, 0) is 31.2 Å². The highest BCUT2D eigenvalue weighted by Crippen LogP contribution is 2.17. The molecule has 7 heteroatoms. The number of amides is 2. The second-order valence-corrected chi connectivity index (χ2v) is 5.86. The van der Waals surface area contributed by atoms with E-state index in [1.165, 1.54) is 14.0 Å². The van der Waals surface area contributed by atoms with Gasteiger partial charge in [-0.25, -0.2) is 9.59 Å². The van der Waals surface area contributed by atoms with E-state index in [0.29, 0.717) is 26.2 Å². The number of methoxy groups -OCH3 is 1. The van der Waals surface area contributed by atoms with Crippen molar-refractivity contribution in [2.75, 3.05) is 38.2 Å². The van der Waals surface area contributed by atoms with Crippen molar-refractivity contribution in [3.63, 3.8) is 0 Å². The summed E-state index contributed by atoms with van der Waals surface area (Å²) >= 11 is 0. The Kier molecular flexibility index (Phi) is 6.25. The van der Waals surface area contributed by atoms with Gasteiger partial charge in [0.1, 0.15) is 0 Å². The summed E-state index contributed by atoms with van der Waals surface area (Å²) in [5.41, 5.74) is 1.88. The van der Waals surface area contributed by atoms with Crippen molar-refractivity contribution in [2.45, 2.75) is 19.1 Å². The molecular formula is C18H23N3O4. The lowest BCUT2D eigenvalue weighted by Crippen LogP contribution is -2.57. The van der Waals surface area contributed by atoms with Crippen molar-refractivity contribution in [3.8, 4) is 12.3 Å². The van der Waals surface area contributed by atoms with Gasteiger partial charge in [-0.15, -0.1) is 6.42 Å². The summed E-state index contributed by atoms with van der Waals surface area (Å²) in [6.45, 7) is 3.79. The first kappa shape index (κ1) is 18.6. The van der Waals surface area contributed by atoms with Gasteiger partial charge < -0.3 is 25.0 Å². The third-order valence-electron chi connectivity index (χ3n) is 4.18. The zero-order chi connectivity index (χ0) is 18.4. The van der Waals surface area contributed by atoms with Crippen LogP contribution in [-0.2, 0) is 9.53 Å². The Bertz CT molecular complexity index is 643. The third-order valence-corrected chi connectivity index (χ3v) is 4.18. The Morgan fingerprint density at radius 1 is 1.24 bits per heavy atom. The quantitative estimate of drug-likeness (QED) is 0.611. The number of carbonyl (C=O) groups is 2. The Hall–Kier alpha value is -2.72. The van der Waals surface area contributed by atoms with Gasteiger partial charge in [0.05, 0.1) is 13.2 Å². The van der Waals surface area contributed by atoms with E-state index in [9.17, 15) is 14.7 Å². The molecule has 0 unspecified atom stereocenters. The number of hydrogen-bond acceptors (Lipinski definition) is 5. The normalized spacial score (nSPS) is 16.6. The molecule has 25 heavy (non-hydrogen) atoms. The van der Waals surface area contributed by atoms with Crippen LogP contribution in [0.15, 0.2) is 24.3 Å². The summed E-state index contributed by atoms with van der Waals surface area (Å²) in [5.74, 6) is 1.91. The smallest absolute Gasteiger partial charge is 0.331 e. The molecule has 2 N–H and O–H groups in total. The predicted molar refractivity (Wildman–Crippen MR) is 94.2 cm³/mol. The molecule has 1 aromatic rings. The van der Waals surface area contributed by atoms with E-state index in [4.69, 9.17) is 6.42 Å². The standard InChI is InChI=1S/C18H23N3O4/c1-4-14-5-7-15(8-6-14)20-9-11-21(12-10-20)18(24)19-16(13(2)22)17(23)25-3/h1,5-8,13,16,22H,9-12H2,2-3H3,(H,19,24)/t13-,16+/m1/s1. The van der Waals surface area contributed by atoms with Crippen molar-refractivity contribution in [2.24, 2.45) is 0 Å². The average molecular weight is 345 g/mol. The number of rotatable bonds is 4. The molecule has 134 valence electrons. The van der Waals surface area contributed by atoms with E-state index in [1.807, 2.05) is 24.3 Å². The van der Waals surface area contributed by atoms with E-state index >= 15 is 0 Å². The van der Waals surface area contributed by atoms with Gasteiger partial charge >= 0.3 is 12.0 Å². The fourth-order valence-electron chi connectivity index (χ4n) is 2.66. The third kappa shape index (κ3) is 4.64. The van der Waals surface area contributed by atoms with Crippen LogP contribution in [0.3, 0.4) is 0 Å². The lowest BCUT2D eigenvalue weighted by atomic mass is 10.2. The average Bonchev–Trinajstić information content (AvgIpc) is 2.65. The van der Waals surface area contributed by atoms with Crippen molar-refractivity contribution >= 4 is 17.7 Å². The van der Waals surface area contributed by atoms with E-state index in [1.54, 1.807) is 4.90 Å². The van der Waals surface area contributed by atoms with E-state index < -0.39 is 24.1 Å². The topological polar surface area (TPSA) is 82.1 Å². The molecule has 7 nitrogen and oxygen atoms in total. The zero-order valence-electron chi connectivity index (χ0n) is 14.4. The summed E-state index contributed by atoms with van der Waals surface area (Å²) < 4.78 is 4.60. The Labute approximate surface area is 147 Å². The molecule has 1 aliphatic rings. The SMILES string of the molecule is C#Cc1ccc(N2CCN(C(=O)N[C@H](C(=O)OC)[C@@H](C)O)CC2)cc1. The number of benzene rings is 1. The summed E-state index contributed by atoms with van der Waals surface area (Å²) in [6.07, 6.45) is 4.32. The second kappa shape index (κ2) is 8.40. The predicted octanol–water partition coefficient (Wildman–Crippen LogP) is 0.422. The van der Waals surface area contributed by atoms with Gasteiger partial charge in [0.25, 0.3) is 0 Å². The van der Waals surface area contributed by atoms with Crippen molar-refractivity contribution in [3.05, 3.63) is 29.8 Å². The zero-order valence-corrected chi connectivity index (χ0v) is 14.4. The largest absolute Gasteiger partial charge is 0.467 e. The number of anilines is 1. The minimum atomic E-state index is -1.08. The van der Waals surface area contributed by atoms with E-state index in [0.717, 1.165) is 11.3 Å². The highest BCUT2D eigenvalue weighted by Gasteiger charge is 2.29. The molecule has 0 bridgehead atoms. The molecule has 0 aromatic heterocycles. The molecule has 0 radical (unpaired) electrons. The molecule has 0 spiro atoms. The minimum absolute atomic E-state index is 0.390. The first-order chi connectivity index (χ1) is 12.0. The second-order valence-electron chi connectivity index (χ2n) is 5.86. The summed E-state index contributed by atoms with van der Waals surface area (Å²) in [7, 11) is 1.22. The first-order valence-electron chi connectivity index (χ1n) is 8.09. The molecule has 1 fully saturated rings. The van der Waals surface area contributed by atoms with E-state index in [-0.39, 0.29) is 0 Å². The molecule has 2 amide bonds. The number of ether oxygens (including phenoxy) is 1. The lowest BCUT2D eigenvalue weighted by molar-refractivity contribution is -0.145. The summed E-state index contributed by atoms with van der Waals surface area (Å²) in [6, 6.07) is 6.23. The summed E-state index contributed by atoms with van der Waals surface area (Å²) in [5, 5.41) is 12.2. The molecule has 1 aromatic carbocycles. The first-order valence-corrected chi connectivity index (χ1v) is 8.09. The Balaban J connectivity index is 1.91. The number of aliphatic hydroxyl groups is 1. The van der Waals surface area contributed by atoms with E-state index in [2.05, 4.69) is 20.9 Å². The van der Waals surface area contributed by atoms with Crippen LogP contribution in [0, 0.1) is 12.3 Å². The van der Waals surface area contributed by atoms with Crippen LogP contribution >= 0.6 is 0 Å². The van der Waals surface area contributed by atoms with Crippen LogP contribution in [0.2, 0.25) is 0 Å². The summed E-state index contributed by atoms with van der Waals surface area (Å²) in [4.78, 5) is 27.7. The maximum atomic E-state index is 12.3.